The van der Waals surface area contributed by atoms with Crippen LogP contribution in [0.1, 0.15) is 62.5 Å². The van der Waals surface area contributed by atoms with E-state index in [1.807, 2.05) is 6.07 Å². The molecular formula is C29H35N5O. The van der Waals surface area contributed by atoms with Gasteiger partial charge in [-0.05, 0) is 67.6 Å². The molecule has 0 radical (unpaired) electrons. The average molecular weight is 470 g/mol. The number of nitrogens with zero attached hydrogens (tertiary/aromatic N) is 3. The van der Waals surface area contributed by atoms with Gasteiger partial charge in [0, 0.05) is 30.2 Å². The van der Waals surface area contributed by atoms with Gasteiger partial charge in [-0.25, -0.2) is 9.97 Å². The van der Waals surface area contributed by atoms with E-state index in [2.05, 4.69) is 62.6 Å². The number of rotatable bonds is 6. The van der Waals surface area contributed by atoms with Gasteiger partial charge in [-0.1, -0.05) is 62.1 Å². The van der Waals surface area contributed by atoms with Crippen LogP contribution in [0.4, 0.5) is 11.6 Å². The van der Waals surface area contributed by atoms with E-state index >= 15 is 0 Å². The van der Waals surface area contributed by atoms with E-state index in [9.17, 15) is 4.79 Å². The average Bonchev–Trinajstić information content (AvgIpc) is 3.26. The number of nitrogens with two attached hydrogens (primary N) is 1. The van der Waals surface area contributed by atoms with Gasteiger partial charge in [0.05, 0.1) is 5.41 Å². The number of nitrogens with one attached hydrogen (secondary N) is 1. The van der Waals surface area contributed by atoms with E-state index in [-0.39, 0.29) is 11.9 Å². The van der Waals surface area contributed by atoms with Gasteiger partial charge in [-0.15, -0.1) is 0 Å². The quantitative estimate of drug-likeness (QED) is 0.462. The summed E-state index contributed by atoms with van der Waals surface area (Å²) in [5.41, 5.74) is 10.3. The molecule has 35 heavy (non-hydrogen) atoms. The maximum atomic E-state index is 13.9. The van der Waals surface area contributed by atoms with Crippen LogP contribution >= 0.6 is 0 Å². The maximum absolute atomic E-state index is 13.9. The zero-order valence-corrected chi connectivity index (χ0v) is 20.4. The first-order valence-electron chi connectivity index (χ1n) is 12.9. The molecule has 182 valence electrons. The van der Waals surface area contributed by atoms with Crippen molar-refractivity contribution in [2.75, 3.05) is 24.1 Å². The van der Waals surface area contributed by atoms with Crippen molar-refractivity contribution < 1.29 is 4.79 Å². The lowest BCUT2D eigenvalue weighted by molar-refractivity contribution is -0.122. The van der Waals surface area contributed by atoms with E-state index in [4.69, 9.17) is 5.73 Å². The number of benzene rings is 2. The summed E-state index contributed by atoms with van der Waals surface area (Å²) >= 11 is 0. The smallest absolute Gasteiger partial charge is 0.235 e. The normalized spacial score (nSPS) is 18.2. The molecule has 2 fully saturated rings. The van der Waals surface area contributed by atoms with Crippen LogP contribution in [0.25, 0.3) is 11.1 Å². The first-order chi connectivity index (χ1) is 17.1. The molecule has 0 atom stereocenters. The molecule has 2 heterocycles. The van der Waals surface area contributed by atoms with Crippen LogP contribution in [-0.2, 0) is 16.8 Å². The van der Waals surface area contributed by atoms with Gasteiger partial charge in [0.25, 0.3) is 0 Å². The summed E-state index contributed by atoms with van der Waals surface area (Å²) in [5.74, 6) is 0.380. The van der Waals surface area contributed by atoms with Crippen molar-refractivity contribution in [1.29, 1.82) is 0 Å². The minimum Gasteiger partial charge on any atom is -0.368 e. The Morgan fingerprint density at radius 3 is 2.26 bits per heavy atom. The largest absolute Gasteiger partial charge is 0.368 e. The number of anilines is 2. The van der Waals surface area contributed by atoms with Crippen molar-refractivity contribution in [2.45, 2.75) is 63.3 Å². The highest BCUT2D eigenvalue weighted by Crippen LogP contribution is 2.40. The number of nitrogen functional groups attached to an aromatic ring is 1. The molecule has 1 aliphatic carbocycles. The number of aromatic nitrogens is 2. The molecule has 6 nitrogen and oxygen atoms in total. The third-order valence-corrected chi connectivity index (χ3v) is 7.62. The Morgan fingerprint density at radius 2 is 1.57 bits per heavy atom. The van der Waals surface area contributed by atoms with Gasteiger partial charge in [-0.2, -0.15) is 0 Å². The van der Waals surface area contributed by atoms with Crippen molar-refractivity contribution in [3.8, 4) is 11.1 Å². The van der Waals surface area contributed by atoms with E-state index in [1.54, 1.807) is 12.4 Å². The topological polar surface area (TPSA) is 84.1 Å². The van der Waals surface area contributed by atoms with Gasteiger partial charge < -0.3 is 11.1 Å². The Hall–Kier alpha value is -3.25. The Bertz CT molecular complexity index is 1130. The molecule has 5 rings (SSSR count). The molecule has 0 bridgehead atoms. The molecule has 0 spiro atoms. The van der Waals surface area contributed by atoms with Crippen molar-refractivity contribution in [1.82, 2.24) is 14.9 Å². The van der Waals surface area contributed by atoms with E-state index < -0.39 is 5.41 Å². The van der Waals surface area contributed by atoms with Crippen molar-refractivity contribution in [3.63, 3.8) is 0 Å². The standard InChI is InChI=1S/C29H35N5O/c30-28-31-19-24(20-32-28)23-10-12-25(13-11-23)29(14-3-1-2-4-15-29)27(35)33-26-9-7-8-22(18-26)21-34-16-5-6-17-34/h7-13,18-20H,1-6,14-17,21H2,(H,33,35)(H2,30,31,32). The number of carbonyl (C=O) groups excluding carboxylic acids is 1. The molecule has 1 aromatic heterocycles. The second kappa shape index (κ2) is 10.6. The van der Waals surface area contributed by atoms with Crippen LogP contribution < -0.4 is 11.1 Å². The van der Waals surface area contributed by atoms with Crippen LogP contribution in [0.2, 0.25) is 0 Å². The van der Waals surface area contributed by atoms with Crippen LogP contribution in [-0.4, -0.2) is 33.9 Å². The summed E-state index contributed by atoms with van der Waals surface area (Å²) in [4.78, 5) is 24.6. The molecule has 6 heteroatoms. The predicted molar refractivity (Wildman–Crippen MR) is 141 cm³/mol. The summed E-state index contributed by atoms with van der Waals surface area (Å²) < 4.78 is 0. The van der Waals surface area contributed by atoms with E-state index in [0.717, 1.165) is 67.7 Å². The highest BCUT2D eigenvalue weighted by Gasteiger charge is 2.40. The molecule has 1 amide bonds. The molecule has 1 saturated carbocycles. The van der Waals surface area contributed by atoms with Gasteiger partial charge in [0.2, 0.25) is 11.9 Å². The third kappa shape index (κ3) is 5.38. The highest BCUT2D eigenvalue weighted by molar-refractivity contribution is 5.99. The minimum atomic E-state index is -0.516. The summed E-state index contributed by atoms with van der Waals surface area (Å²) in [6, 6.07) is 16.7. The molecule has 2 aromatic carbocycles. The monoisotopic (exact) mass is 469 g/mol. The van der Waals surface area contributed by atoms with Crippen molar-refractivity contribution >= 4 is 17.5 Å². The van der Waals surface area contributed by atoms with Crippen LogP contribution in [0.15, 0.2) is 60.9 Å². The van der Waals surface area contributed by atoms with Crippen LogP contribution in [0, 0.1) is 0 Å². The van der Waals surface area contributed by atoms with Gasteiger partial charge >= 0.3 is 0 Å². The Kier molecular flexibility index (Phi) is 7.09. The third-order valence-electron chi connectivity index (χ3n) is 7.62. The summed E-state index contributed by atoms with van der Waals surface area (Å²) in [7, 11) is 0. The summed E-state index contributed by atoms with van der Waals surface area (Å²) in [6.07, 6.45) is 12.3. The Morgan fingerprint density at radius 1 is 0.886 bits per heavy atom. The first-order valence-corrected chi connectivity index (χ1v) is 12.9. The second-order valence-electron chi connectivity index (χ2n) is 10.0. The maximum Gasteiger partial charge on any atom is 0.235 e. The fourth-order valence-electron chi connectivity index (χ4n) is 5.64. The molecule has 1 aliphatic heterocycles. The second-order valence-corrected chi connectivity index (χ2v) is 10.0. The number of amides is 1. The van der Waals surface area contributed by atoms with Crippen LogP contribution in [0.5, 0.6) is 0 Å². The van der Waals surface area contributed by atoms with Crippen molar-refractivity contribution in [2.24, 2.45) is 0 Å². The lowest BCUT2D eigenvalue weighted by Gasteiger charge is -2.32. The van der Waals surface area contributed by atoms with Gasteiger partial charge in [0.1, 0.15) is 0 Å². The molecule has 2 aliphatic rings. The lowest BCUT2D eigenvalue weighted by Crippen LogP contribution is -2.40. The number of carbonyl (C=O) groups is 1. The molecular weight excluding hydrogens is 434 g/mol. The molecule has 0 unspecified atom stereocenters. The molecule has 3 aromatic rings. The highest BCUT2D eigenvalue weighted by atomic mass is 16.2. The molecule has 3 N–H and O–H groups in total. The summed E-state index contributed by atoms with van der Waals surface area (Å²) in [6.45, 7) is 3.28. The van der Waals surface area contributed by atoms with Gasteiger partial charge in [-0.3, -0.25) is 9.69 Å². The summed E-state index contributed by atoms with van der Waals surface area (Å²) in [5, 5.41) is 3.31. The zero-order valence-electron chi connectivity index (χ0n) is 20.4. The lowest BCUT2D eigenvalue weighted by atomic mass is 9.73. The fraction of sp³-hybridized carbons (Fsp3) is 0.414. The molecule has 1 saturated heterocycles. The number of likely N-dealkylation sites (tertiary alicyclic amines) is 1. The Labute approximate surface area is 208 Å². The Balaban J connectivity index is 1.38. The zero-order chi connectivity index (χ0) is 24.1. The van der Waals surface area contributed by atoms with Gasteiger partial charge in [0.15, 0.2) is 0 Å². The van der Waals surface area contributed by atoms with E-state index in [0.29, 0.717) is 0 Å². The fourth-order valence-corrected chi connectivity index (χ4v) is 5.64. The SMILES string of the molecule is Nc1ncc(-c2ccc(C3(C(=O)Nc4cccc(CN5CCCC5)c4)CCCCCC3)cc2)cn1. The number of hydrogen-bond acceptors (Lipinski definition) is 5. The van der Waals surface area contributed by atoms with Crippen LogP contribution in [0.3, 0.4) is 0 Å². The van der Waals surface area contributed by atoms with E-state index in [1.165, 1.54) is 31.2 Å². The first kappa shape index (κ1) is 23.5. The van der Waals surface area contributed by atoms with Crippen molar-refractivity contribution in [3.05, 3.63) is 72.1 Å². The predicted octanol–water partition coefficient (Wildman–Crippen LogP) is 5.55. The number of hydrogen-bond donors (Lipinski definition) is 2. The minimum absolute atomic E-state index is 0.112.